The monoisotopic (exact) mass is 411 g/mol. The van der Waals surface area contributed by atoms with Crippen LogP contribution < -0.4 is 31.2 Å². The van der Waals surface area contributed by atoms with Crippen LogP contribution in [0.3, 0.4) is 0 Å². The van der Waals surface area contributed by atoms with E-state index in [0.29, 0.717) is 16.7 Å². The maximum absolute atomic E-state index is 6.61. The number of hydrogen-bond acceptors (Lipinski definition) is 7. The highest BCUT2D eigenvalue weighted by atomic mass is 35.5. The molecule has 0 unspecified atom stereocenters. The van der Waals surface area contributed by atoms with E-state index in [4.69, 9.17) is 23.1 Å². The second-order valence-corrected chi connectivity index (χ2v) is 8.28. The van der Waals surface area contributed by atoms with Gasteiger partial charge in [0.1, 0.15) is 11.6 Å². The summed E-state index contributed by atoms with van der Waals surface area (Å²) in [6, 6.07) is 15.6. The lowest BCUT2D eigenvalue weighted by molar-refractivity contribution is 0.953. The third-order valence-corrected chi connectivity index (χ3v) is 6.44. The summed E-state index contributed by atoms with van der Waals surface area (Å²) in [5.74, 6) is 1.25. The standard InChI is InChI=1S/C19H14ClN5S2/c20-11-1-3-12(4-2-11)24-18(21)14-7-8-26-17(14)19(22)25(24)13-5-6-15-16(9-13)27-10-23-15/h1-10H,21-22H2. The summed E-state index contributed by atoms with van der Waals surface area (Å²) >= 11 is 9.25. The summed E-state index contributed by atoms with van der Waals surface area (Å²) in [5, 5.41) is 7.46. The lowest BCUT2D eigenvalue weighted by Crippen LogP contribution is -2.55. The molecule has 0 bridgehead atoms. The maximum Gasteiger partial charge on any atom is 0.142 e. The van der Waals surface area contributed by atoms with Crippen molar-refractivity contribution in [2.24, 2.45) is 11.5 Å². The highest BCUT2D eigenvalue weighted by molar-refractivity contribution is 7.16. The largest absolute Gasteiger partial charge is 0.383 e. The first-order chi connectivity index (χ1) is 13.1. The second kappa shape index (κ2) is 6.16. The molecule has 0 fully saturated rings. The van der Waals surface area contributed by atoms with Gasteiger partial charge in [-0.25, -0.2) is 15.0 Å². The molecule has 1 aliphatic rings. The third kappa shape index (κ3) is 2.55. The van der Waals surface area contributed by atoms with Crippen molar-refractivity contribution in [1.29, 1.82) is 0 Å². The molecule has 2 aromatic carbocycles. The van der Waals surface area contributed by atoms with Crippen LogP contribution >= 0.6 is 34.3 Å². The van der Waals surface area contributed by atoms with Crippen LogP contribution in [0.15, 0.2) is 59.4 Å². The van der Waals surface area contributed by atoms with Gasteiger partial charge in [-0.3, -0.25) is 0 Å². The van der Waals surface area contributed by atoms with Crippen LogP contribution in [0.1, 0.15) is 0 Å². The average molecular weight is 412 g/mol. The molecule has 0 aliphatic carbocycles. The smallest absolute Gasteiger partial charge is 0.142 e. The number of nitrogens with two attached hydrogens (primary N) is 2. The molecule has 2 aromatic heterocycles. The molecule has 1 aliphatic heterocycles. The van der Waals surface area contributed by atoms with E-state index in [1.54, 1.807) is 22.7 Å². The molecule has 8 heteroatoms. The lowest BCUT2D eigenvalue weighted by atomic mass is 10.2. The Kier molecular flexibility index (Phi) is 3.75. The van der Waals surface area contributed by atoms with Crippen LogP contribution in [0, 0.1) is 0 Å². The molecular weight excluding hydrogens is 398 g/mol. The van der Waals surface area contributed by atoms with Gasteiger partial charge in [-0.1, -0.05) is 11.6 Å². The highest BCUT2D eigenvalue weighted by Crippen LogP contribution is 2.32. The fraction of sp³-hybridized carbons (Fsp3) is 0. The summed E-state index contributed by atoms with van der Waals surface area (Å²) in [4.78, 5) is 4.36. The number of rotatable bonds is 2. The lowest BCUT2D eigenvalue weighted by Gasteiger charge is -2.39. The second-order valence-electron chi connectivity index (χ2n) is 6.04. The molecule has 4 aromatic rings. The topological polar surface area (TPSA) is 71.4 Å². The van der Waals surface area contributed by atoms with Crippen LogP contribution in [0.2, 0.25) is 5.02 Å². The predicted octanol–water partition coefficient (Wildman–Crippen LogP) is 3.00. The summed E-state index contributed by atoms with van der Waals surface area (Å²) in [6.45, 7) is 0. The van der Waals surface area contributed by atoms with Crippen molar-refractivity contribution in [3.8, 4) is 0 Å². The molecule has 5 rings (SSSR count). The molecule has 4 N–H and O–H groups in total. The van der Waals surface area contributed by atoms with Crippen molar-refractivity contribution in [1.82, 2.24) is 4.98 Å². The molecule has 0 radical (unpaired) electrons. The van der Waals surface area contributed by atoms with E-state index in [1.807, 2.05) is 63.4 Å². The summed E-state index contributed by atoms with van der Waals surface area (Å²) in [7, 11) is 0. The minimum absolute atomic E-state index is 0.618. The van der Waals surface area contributed by atoms with E-state index in [1.165, 1.54) is 0 Å². The van der Waals surface area contributed by atoms with E-state index in [-0.39, 0.29) is 0 Å². The van der Waals surface area contributed by atoms with E-state index in [2.05, 4.69) is 11.1 Å². The minimum Gasteiger partial charge on any atom is -0.383 e. The number of thiophene rings is 1. The van der Waals surface area contributed by atoms with Crippen LogP contribution in [0.25, 0.3) is 21.9 Å². The van der Waals surface area contributed by atoms with Gasteiger partial charge in [0.15, 0.2) is 0 Å². The zero-order valence-corrected chi connectivity index (χ0v) is 16.4. The number of hydrazine groups is 1. The molecule has 0 atom stereocenters. The van der Waals surface area contributed by atoms with Gasteiger partial charge in [-0.15, -0.1) is 22.7 Å². The van der Waals surface area contributed by atoms with Crippen molar-refractivity contribution in [3.05, 3.63) is 74.2 Å². The first kappa shape index (κ1) is 16.4. The summed E-state index contributed by atoms with van der Waals surface area (Å²) < 4.78 is 2.05. The zero-order valence-electron chi connectivity index (χ0n) is 14.0. The predicted molar refractivity (Wildman–Crippen MR) is 115 cm³/mol. The number of anilines is 2. The number of benzene rings is 2. The third-order valence-electron chi connectivity index (χ3n) is 4.46. The van der Waals surface area contributed by atoms with Gasteiger partial charge in [-0.05, 0) is 53.9 Å². The number of hydrogen-bond donors (Lipinski definition) is 2. The summed E-state index contributed by atoms with van der Waals surface area (Å²) in [5.41, 5.74) is 17.8. The Morgan fingerprint density at radius 3 is 2.41 bits per heavy atom. The first-order valence-electron chi connectivity index (χ1n) is 8.15. The Morgan fingerprint density at radius 2 is 1.59 bits per heavy atom. The van der Waals surface area contributed by atoms with Crippen LogP contribution in [0.4, 0.5) is 11.4 Å². The molecule has 0 saturated carbocycles. The van der Waals surface area contributed by atoms with Crippen molar-refractivity contribution < 1.29 is 0 Å². The molecule has 0 saturated heterocycles. The van der Waals surface area contributed by atoms with Gasteiger partial charge in [0, 0.05) is 10.2 Å². The maximum atomic E-state index is 6.61. The highest BCUT2D eigenvalue weighted by Gasteiger charge is 2.27. The Morgan fingerprint density at radius 1 is 0.852 bits per heavy atom. The first-order valence-corrected chi connectivity index (χ1v) is 10.3. The quantitative estimate of drug-likeness (QED) is 0.530. The Labute approximate surface area is 168 Å². The van der Waals surface area contributed by atoms with Crippen molar-refractivity contribution >= 4 is 67.5 Å². The Balaban J connectivity index is 1.78. The number of thiazole rings is 1. The molecule has 0 amide bonds. The number of aromatic nitrogens is 1. The molecule has 134 valence electrons. The van der Waals surface area contributed by atoms with Crippen molar-refractivity contribution in [2.45, 2.75) is 0 Å². The zero-order chi connectivity index (χ0) is 18.5. The van der Waals surface area contributed by atoms with Gasteiger partial charge in [0.2, 0.25) is 0 Å². The Hall–Kier alpha value is -2.74. The van der Waals surface area contributed by atoms with Crippen molar-refractivity contribution in [2.75, 3.05) is 10.0 Å². The van der Waals surface area contributed by atoms with Gasteiger partial charge in [-0.2, -0.15) is 0 Å². The fourth-order valence-corrected chi connectivity index (χ4v) is 4.89. The molecular formula is C19H14ClN5S2. The van der Waals surface area contributed by atoms with E-state index < -0.39 is 0 Å². The van der Waals surface area contributed by atoms with Gasteiger partial charge >= 0.3 is 0 Å². The molecule has 27 heavy (non-hydrogen) atoms. The van der Waals surface area contributed by atoms with E-state index in [9.17, 15) is 0 Å². The molecule has 3 heterocycles. The van der Waals surface area contributed by atoms with Gasteiger partial charge < -0.3 is 11.5 Å². The SMILES string of the molecule is NC1=c2ccsc2=C(N)N(c2ccc3ncsc3c2)N1c1ccc(Cl)cc1. The van der Waals surface area contributed by atoms with Gasteiger partial charge in [0.05, 0.1) is 31.6 Å². The minimum atomic E-state index is 0.618. The molecule has 5 nitrogen and oxygen atoms in total. The van der Waals surface area contributed by atoms with Crippen LogP contribution in [-0.2, 0) is 0 Å². The van der Waals surface area contributed by atoms with E-state index >= 15 is 0 Å². The van der Waals surface area contributed by atoms with E-state index in [0.717, 1.165) is 31.3 Å². The average Bonchev–Trinajstić information content (AvgIpc) is 3.34. The number of halogens is 1. The van der Waals surface area contributed by atoms with Crippen LogP contribution in [-0.4, -0.2) is 4.98 Å². The molecule has 0 spiro atoms. The number of nitrogens with zero attached hydrogens (tertiary/aromatic N) is 3. The van der Waals surface area contributed by atoms with Gasteiger partial charge in [0.25, 0.3) is 0 Å². The summed E-state index contributed by atoms with van der Waals surface area (Å²) in [6.07, 6.45) is 0. The number of fused-ring (bicyclic) bond motifs is 2. The fourth-order valence-electron chi connectivity index (χ4n) is 3.20. The normalized spacial score (nSPS) is 14.1. The van der Waals surface area contributed by atoms with Crippen molar-refractivity contribution in [3.63, 3.8) is 0 Å². The van der Waals surface area contributed by atoms with Crippen LogP contribution in [0.5, 0.6) is 0 Å². The Bertz CT molecular complexity index is 1280.